The highest BCUT2D eigenvalue weighted by Crippen LogP contribution is 2.25. The van der Waals surface area contributed by atoms with Gasteiger partial charge in [0.25, 0.3) is 0 Å². The molecular weight excluding hydrogens is 128 g/mol. The van der Waals surface area contributed by atoms with Crippen LogP contribution >= 0.6 is 11.8 Å². The van der Waals surface area contributed by atoms with Gasteiger partial charge in [0.2, 0.25) is 0 Å². The van der Waals surface area contributed by atoms with Gasteiger partial charge in [0.05, 0.1) is 0 Å². The molecular formula is C8H12S. The lowest BCUT2D eigenvalue weighted by molar-refractivity contribution is 0.942. The van der Waals surface area contributed by atoms with Crippen LogP contribution in [0.5, 0.6) is 0 Å². The van der Waals surface area contributed by atoms with Crippen molar-refractivity contribution < 1.29 is 0 Å². The minimum Gasteiger partial charge on any atom is -0.103 e. The maximum atomic E-state index is 2.31. The van der Waals surface area contributed by atoms with Gasteiger partial charge in [-0.05, 0) is 23.2 Å². The molecule has 0 saturated carbocycles. The fourth-order valence-electron chi connectivity index (χ4n) is 0.846. The van der Waals surface area contributed by atoms with Gasteiger partial charge < -0.3 is 0 Å². The Kier molecular flexibility index (Phi) is 2.92. The van der Waals surface area contributed by atoms with Crippen LogP contribution in [0.3, 0.4) is 0 Å². The average molecular weight is 140 g/mol. The van der Waals surface area contributed by atoms with Gasteiger partial charge in [-0.25, -0.2) is 0 Å². The van der Waals surface area contributed by atoms with Crippen molar-refractivity contribution in [3.8, 4) is 0 Å². The molecule has 0 aromatic carbocycles. The monoisotopic (exact) mass is 140 g/mol. The van der Waals surface area contributed by atoms with Gasteiger partial charge in [0.1, 0.15) is 0 Å². The quantitative estimate of drug-likeness (QED) is 0.567. The van der Waals surface area contributed by atoms with Gasteiger partial charge in [-0.2, -0.15) is 0 Å². The van der Waals surface area contributed by atoms with Crippen molar-refractivity contribution in [2.24, 2.45) is 0 Å². The maximum Gasteiger partial charge on any atom is -0.0145 e. The zero-order chi connectivity index (χ0) is 6.53. The summed E-state index contributed by atoms with van der Waals surface area (Å²) in [7, 11) is 0. The molecule has 0 bridgehead atoms. The van der Waals surface area contributed by atoms with Crippen LogP contribution in [0.25, 0.3) is 0 Å². The molecule has 1 aliphatic heterocycles. The van der Waals surface area contributed by atoms with Crippen LogP contribution in [0.1, 0.15) is 26.2 Å². The molecule has 1 heterocycles. The second kappa shape index (κ2) is 3.78. The highest BCUT2D eigenvalue weighted by atomic mass is 32.2. The predicted octanol–water partition coefficient (Wildman–Crippen LogP) is 3.32. The third-order valence-corrected chi connectivity index (χ3v) is 2.30. The molecule has 0 unspecified atom stereocenters. The largest absolute Gasteiger partial charge is 0.103 e. The van der Waals surface area contributed by atoms with E-state index in [1.54, 1.807) is 4.91 Å². The summed E-state index contributed by atoms with van der Waals surface area (Å²) in [6.45, 7) is 2.22. The average Bonchev–Trinajstić information content (AvgIpc) is 1.91. The Morgan fingerprint density at radius 1 is 1.67 bits per heavy atom. The van der Waals surface area contributed by atoms with Gasteiger partial charge in [-0.15, -0.1) is 11.8 Å². The first-order chi connectivity index (χ1) is 4.43. The van der Waals surface area contributed by atoms with E-state index in [9.17, 15) is 0 Å². The molecule has 50 valence electrons. The summed E-state index contributed by atoms with van der Waals surface area (Å²) in [4.78, 5) is 1.54. The van der Waals surface area contributed by atoms with Gasteiger partial charge >= 0.3 is 0 Å². The summed E-state index contributed by atoms with van der Waals surface area (Å²) in [5.74, 6) is 0. The normalized spacial score (nSPS) is 17.7. The minimum absolute atomic E-state index is 1.14. The summed E-state index contributed by atoms with van der Waals surface area (Å²) in [5.41, 5.74) is 0. The van der Waals surface area contributed by atoms with Crippen LogP contribution in [-0.4, -0.2) is 0 Å². The number of thioether (sulfide) groups is 1. The van der Waals surface area contributed by atoms with Crippen LogP contribution in [0, 0.1) is 0 Å². The molecule has 0 aromatic heterocycles. The number of hydrogen-bond donors (Lipinski definition) is 0. The van der Waals surface area contributed by atoms with Crippen molar-refractivity contribution in [1.29, 1.82) is 0 Å². The molecule has 0 fully saturated rings. The highest BCUT2D eigenvalue weighted by molar-refractivity contribution is 8.05. The van der Waals surface area contributed by atoms with E-state index >= 15 is 0 Å². The Morgan fingerprint density at radius 3 is 3.11 bits per heavy atom. The number of allylic oxidation sites excluding steroid dienone is 3. The lowest BCUT2D eigenvalue weighted by atomic mass is 10.3. The topological polar surface area (TPSA) is 0 Å². The highest BCUT2D eigenvalue weighted by Gasteiger charge is 1.95. The van der Waals surface area contributed by atoms with Crippen LogP contribution in [0.2, 0.25) is 0 Å². The molecule has 9 heavy (non-hydrogen) atoms. The molecule has 0 N–H and O–H groups in total. The summed E-state index contributed by atoms with van der Waals surface area (Å²) in [5, 5.41) is 2.19. The zero-order valence-electron chi connectivity index (χ0n) is 5.76. The molecule has 0 aliphatic carbocycles. The molecule has 0 atom stereocenters. The smallest absolute Gasteiger partial charge is 0.0145 e. The lowest BCUT2D eigenvalue weighted by Crippen LogP contribution is -1.78. The second-order valence-electron chi connectivity index (χ2n) is 2.15. The lowest BCUT2D eigenvalue weighted by Gasteiger charge is -2.04. The fraction of sp³-hybridized carbons (Fsp3) is 0.500. The third-order valence-electron chi connectivity index (χ3n) is 1.29. The molecule has 0 radical (unpaired) electrons. The van der Waals surface area contributed by atoms with E-state index in [0.29, 0.717) is 0 Å². The zero-order valence-corrected chi connectivity index (χ0v) is 6.58. The fourth-order valence-corrected chi connectivity index (χ4v) is 1.74. The summed E-state index contributed by atoms with van der Waals surface area (Å²) < 4.78 is 0. The Balaban J connectivity index is 2.32. The molecule has 0 saturated heterocycles. The predicted molar refractivity (Wildman–Crippen MR) is 44.3 cm³/mol. The van der Waals surface area contributed by atoms with E-state index in [2.05, 4.69) is 24.5 Å². The summed E-state index contributed by atoms with van der Waals surface area (Å²) in [6.07, 6.45) is 8.18. The molecule has 0 aromatic rings. The van der Waals surface area contributed by atoms with Crippen molar-refractivity contribution in [3.63, 3.8) is 0 Å². The van der Waals surface area contributed by atoms with E-state index in [1.165, 1.54) is 12.8 Å². The first-order valence-electron chi connectivity index (χ1n) is 3.44. The van der Waals surface area contributed by atoms with Crippen molar-refractivity contribution in [1.82, 2.24) is 0 Å². The van der Waals surface area contributed by atoms with Crippen LogP contribution in [-0.2, 0) is 0 Å². The second-order valence-corrected chi connectivity index (χ2v) is 3.18. The molecule has 0 spiro atoms. The van der Waals surface area contributed by atoms with Crippen LogP contribution in [0.4, 0.5) is 0 Å². The van der Waals surface area contributed by atoms with E-state index < -0.39 is 0 Å². The first-order valence-corrected chi connectivity index (χ1v) is 4.32. The Hall–Kier alpha value is -0.170. The van der Waals surface area contributed by atoms with E-state index in [-0.39, 0.29) is 0 Å². The third kappa shape index (κ3) is 2.27. The van der Waals surface area contributed by atoms with E-state index in [0.717, 1.165) is 6.42 Å². The standard InChI is InChI=1S/C8H12S/c1-2-5-8-6-3-4-7-9-8/h4,6-7H,2-3,5H2,1H3. The van der Waals surface area contributed by atoms with Crippen molar-refractivity contribution >= 4 is 11.8 Å². The Labute approximate surface area is 61.0 Å². The number of rotatable bonds is 2. The minimum atomic E-state index is 1.14. The Morgan fingerprint density at radius 2 is 2.56 bits per heavy atom. The Bertz CT molecular complexity index is 134. The molecule has 1 aliphatic rings. The molecule has 0 amide bonds. The maximum absolute atomic E-state index is 2.31. The van der Waals surface area contributed by atoms with Gasteiger partial charge in [0, 0.05) is 0 Å². The van der Waals surface area contributed by atoms with Crippen molar-refractivity contribution in [3.05, 3.63) is 22.5 Å². The first kappa shape index (κ1) is 6.94. The van der Waals surface area contributed by atoms with Gasteiger partial charge in [0.15, 0.2) is 0 Å². The van der Waals surface area contributed by atoms with E-state index in [1.807, 2.05) is 11.8 Å². The van der Waals surface area contributed by atoms with E-state index in [4.69, 9.17) is 0 Å². The van der Waals surface area contributed by atoms with Gasteiger partial charge in [-0.1, -0.05) is 25.5 Å². The van der Waals surface area contributed by atoms with Crippen molar-refractivity contribution in [2.45, 2.75) is 26.2 Å². The van der Waals surface area contributed by atoms with Crippen LogP contribution < -0.4 is 0 Å². The van der Waals surface area contributed by atoms with Gasteiger partial charge in [-0.3, -0.25) is 0 Å². The van der Waals surface area contributed by atoms with Crippen LogP contribution in [0.15, 0.2) is 22.5 Å². The molecule has 0 nitrogen and oxygen atoms in total. The van der Waals surface area contributed by atoms with Crippen molar-refractivity contribution in [2.75, 3.05) is 0 Å². The SMILES string of the molecule is CCCC1=CCC=CS1. The number of hydrogen-bond acceptors (Lipinski definition) is 1. The molecule has 1 heteroatoms. The molecule has 1 rings (SSSR count). The summed E-state index contributed by atoms with van der Waals surface area (Å²) in [6, 6.07) is 0. The summed E-state index contributed by atoms with van der Waals surface area (Å²) >= 11 is 1.87.